The minimum atomic E-state index is 0.230. The van der Waals surface area contributed by atoms with Crippen LogP contribution in [0.3, 0.4) is 0 Å². The molecular weight excluding hydrogens is 264 g/mol. The second-order valence-electron chi connectivity index (χ2n) is 5.85. The third-order valence-electron chi connectivity index (χ3n) is 4.08. The van der Waals surface area contributed by atoms with Crippen molar-refractivity contribution in [2.45, 2.75) is 58.5 Å². The number of aryl methyl sites for hydroxylation is 1. The SMILES string of the molecule is CCC(CCO)NCc1cc(C)nc(N2CCCCC2)n1. The maximum atomic E-state index is 9.05. The van der Waals surface area contributed by atoms with E-state index in [0.717, 1.165) is 49.8 Å². The van der Waals surface area contributed by atoms with Crippen LogP contribution in [0.2, 0.25) is 0 Å². The smallest absolute Gasteiger partial charge is 0.225 e. The molecular formula is C16H28N4O. The van der Waals surface area contributed by atoms with E-state index in [0.29, 0.717) is 6.04 Å². The summed E-state index contributed by atoms with van der Waals surface area (Å²) in [7, 11) is 0. The van der Waals surface area contributed by atoms with Gasteiger partial charge >= 0.3 is 0 Å². The number of hydrogen-bond acceptors (Lipinski definition) is 5. The van der Waals surface area contributed by atoms with Crippen molar-refractivity contribution in [2.24, 2.45) is 0 Å². The van der Waals surface area contributed by atoms with Gasteiger partial charge in [-0.3, -0.25) is 0 Å². The van der Waals surface area contributed by atoms with Gasteiger partial charge in [0.2, 0.25) is 5.95 Å². The lowest BCUT2D eigenvalue weighted by Gasteiger charge is -2.27. The zero-order chi connectivity index (χ0) is 15.1. The summed E-state index contributed by atoms with van der Waals surface area (Å²) in [6.45, 7) is 7.27. The van der Waals surface area contributed by atoms with Gasteiger partial charge in [-0.2, -0.15) is 0 Å². The van der Waals surface area contributed by atoms with Gasteiger partial charge in [-0.15, -0.1) is 0 Å². The van der Waals surface area contributed by atoms with Crippen LogP contribution in [0.25, 0.3) is 0 Å². The maximum absolute atomic E-state index is 9.05. The Kier molecular flexibility index (Phi) is 6.39. The monoisotopic (exact) mass is 292 g/mol. The van der Waals surface area contributed by atoms with Crippen molar-refractivity contribution in [3.63, 3.8) is 0 Å². The minimum Gasteiger partial charge on any atom is -0.396 e. The summed E-state index contributed by atoms with van der Waals surface area (Å²) in [6, 6.07) is 2.40. The maximum Gasteiger partial charge on any atom is 0.225 e. The Hall–Kier alpha value is -1.20. The minimum absolute atomic E-state index is 0.230. The molecule has 2 heterocycles. The van der Waals surface area contributed by atoms with Gasteiger partial charge in [-0.25, -0.2) is 9.97 Å². The van der Waals surface area contributed by atoms with Gasteiger partial charge in [0.15, 0.2) is 0 Å². The Morgan fingerprint density at radius 1 is 1.29 bits per heavy atom. The second-order valence-corrected chi connectivity index (χ2v) is 5.85. The number of piperidine rings is 1. The quantitative estimate of drug-likeness (QED) is 0.805. The molecule has 1 aliphatic rings. The molecule has 21 heavy (non-hydrogen) atoms. The number of anilines is 1. The highest BCUT2D eigenvalue weighted by Gasteiger charge is 2.15. The van der Waals surface area contributed by atoms with Crippen LogP contribution < -0.4 is 10.2 Å². The van der Waals surface area contributed by atoms with Crippen LogP contribution in [0.5, 0.6) is 0 Å². The molecule has 1 aromatic heterocycles. The molecule has 0 saturated carbocycles. The summed E-state index contributed by atoms with van der Waals surface area (Å²) in [6.07, 6.45) is 5.60. The normalized spacial score (nSPS) is 17.0. The predicted molar refractivity (Wildman–Crippen MR) is 85.5 cm³/mol. The summed E-state index contributed by atoms with van der Waals surface area (Å²) in [5, 5.41) is 12.5. The van der Waals surface area contributed by atoms with E-state index in [2.05, 4.69) is 22.1 Å². The zero-order valence-corrected chi connectivity index (χ0v) is 13.3. The average Bonchev–Trinajstić information content (AvgIpc) is 2.52. The van der Waals surface area contributed by atoms with Crippen LogP contribution in [0.1, 0.15) is 50.4 Å². The van der Waals surface area contributed by atoms with E-state index in [4.69, 9.17) is 10.1 Å². The fraction of sp³-hybridized carbons (Fsp3) is 0.750. The van der Waals surface area contributed by atoms with Crippen molar-refractivity contribution in [3.8, 4) is 0 Å². The highest BCUT2D eigenvalue weighted by atomic mass is 16.3. The topological polar surface area (TPSA) is 61.3 Å². The molecule has 1 aromatic rings. The predicted octanol–water partition coefficient (Wildman–Crippen LogP) is 2.03. The molecule has 5 heteroatoms. The van der Waals surface area contributed by atoms with Crippen molar-refractivity contribution in [1.82, 2.24) is 15.3 Å². The number of hydrogen-bond donors (Lipinski definition) is 2. The zero-order valence-electron chi connectivity index (χ0n) is 13.3. The van der Waals surface area contributed by atoms with Crippen LogP contribution in [0.4, 0.5) is 5.95 Å². The molecule has 0 bridgehead atoms. The van der Waals surface area contributed by atoms with Crippen LogP contribution in [-0.4, -0.2) is 40.8 Å². The van der Waals surface area contributed by atoms with Crippen LogP contribution in [0, 0.1) is 6.92 Å². The van der Waals surface area contributed by atoms with Crippen LogP contribution in [-0.2, 0) is 6.54 Å². The van der Waals surface area contributed by atoms with Crippen molar-refractivity contribution in [2.75, 3.05) is 24.6 Å². The van der Waals surface area contributed by atoms with Gasteiger partial charge in [0.1, 0.15) is 0 Å². The molecule has 0 radical (unpaired) electrons. The first-order chi connectivity index (χ1) is 10.2. The summed E-state index contributed by atoms with van der Waals surface area (Å²) < 4.78 is 0. The molecule has 1 aliphatic heterocycles. The molecule has 1 saturated heterocycles. The molecule has 0 spiro atoms. The highest BCUT2D eigenvalue weighted by molar-refractivity contribution is 5.32. The molecule has 2 rings (SSSR count). The average molecular weight is 292 g/mol. The van der Waals surface area contributed by atoms with Gasteiger partial charge in [0.25, 0.3) is 0 Å². The lowest BCUT2D eigenvalue weighted by atomic mass is 10.1. The summed E-state index contributed by atoms with van der Waals surface area (Å²) in [5.41, 5.74) is 2.07. The van der Waals surface area contributed by atoms with E-state index in [9.17, 15) is 0 Å². The van der Waals surface area contributed by atoms with Crippen molar-refractivity contribution >= 4 is 5.95 Å². The van der Waals surface area contributed by atoms with E-state index in [-0.39, 0.29) is 6.61 Å². The third-order valence-corrected chi connectivity index (χ3v) is 4.08. The van der Waals surface area contributed by atoms with Crippen LogP contribution in [0.15, 0.2) is 6.07 Å². The molecule has 1 unspecified atom stereocenters. The Labute approximate surface area is 127 Å². The largest absolute Gasteiger partial charge is 0.396 e. The lowest BCUT2D eigenvalue weighted by Crippen LogP contribution is -2.32. The lowest BCUT2D eigenvalue weighted by molar-refractivity contribution is 0.261. The van der Waals surface area contributed by atoms with E-state index in [1.54, 1.807) is 0 Å². The molecule has 118 valence electrons. The van der Waals surface area contributed by atoms with Crippen molar-refractivity contribution in [1.29, 1.82) is 0 Å². The van der Waals surface area contributed by atoms with Gasteiger partial charge in [-0.1, -0.05) is 6.92 Å². The molecule has 1 atom stereocenters. The first-order valence-electron chi connectivity index (χ1n) is 8.16. The molecule has 0 aliphatic carbocycles. The number of aromatic nitrogens is 2. The van der Waals surface area contributed by atoms with Gasteiger partial charge in [-0.05, 0) is 45.1 Å². The molecule has 2 N–H and O–H groups in total. The Morgan fingerprint density at radius 3 is 2.71 bits per heavy atom. The van der Waals surface area contributed by atoms with E-state index < -0.39 is 0 Å². The van der Waals surface area contributed by atoms with E-state index in [1.165, 1.54) is 19.3 Å². The van der Waals surface area contributed by atoms with Gasteiger partial charge in [0.05, 0.1) is 5.69 Å². The first-order valence-corrected chi connectivity index (χ1v) is 8.16. The van der Waals surface area contributed by atoms with E-state index >= 15 is 0 Å². The second kappa shape index (κ2) is 8.29. The molecule has 0 aromatic carbocycles. The Morgan fingerprint density at radius 2 is 2.05 bits per heavy atom. The number of nitrogens with zero attached hydrogens (tertiary/aromatic N) is 3. The molecule has 1 fully saturated rings. The highest BCUT2D eigenvalue weighted by Crippen LogP contribution is 2.16. The van der Waals surface area contributed by atoms with Gasteiger partial charge < -0.3 is 15.3 Å². The first kappa shape index (κ1) is 16.2. The third kappa shape index (κ3) is 4.93. The summed E-state index contributed by atoms with van der Waals surface area (Å²) >= 11 is 0. The number of aliphatic hydroxyl groups is 1. The summed E-state index contributed by atoms with van der Waals surface area (Å²) in [4.78, 5) is 11.6. The number of nitrogens with one attached hydrogen (secondary N) is 1. The van der Waals surface area contributed by atoms with Crippen molar-refractivity contribution in [3.05, 3.63) is 17.5 Å². The fourth-order valence-corrected chi connectivity index (χ4v) is 2.80. The van der Waals surface area contributed by atoms with Crippen LogP contribution >= 0.6 is 0 Å². The molecule has 0 amide bonds. The van der Waals surface area contributed by atoms with Gasteiger partial charge in [0, 0.05) is 38.0 Å². The standard InChI is InChI=1S/C16H28N4O/c1-3-14(7-10-21)17-12-15-11-13(2)18-16(19-15)20-8-5-4-6-9-20/h11,14,17,21H,3-10,12H2,1-2H3. The van der Waals surface area contributed by atoms with E-state index in [1.807, 2.05) is 13.0 Å². The number of aliphatic hydroxyl groups excluding tert-OH is 1. The Balaban J connectivity index is 2.00. The fourth-order valence-electron chi connectivity index (χ4n) is 2.80. The summed E-state index contributed by atoms with van der Waals surface area (Å²) in [5.74, 6) is 0.877. The Bertz CT molecular complexity index is 432. The molecule has 5 nitrogen and oxygen atoms in total. The number of rotatable bonds is 7. The van der Waals surface area contributed by atoms with Crippen molar-refractivity contribution < 1.29 is 5.11 Å².